The SMILES string of the molecule is CSCCC(NC(=O)C(CCCN=C(N)N)NC(=O)C(CCSC)NC(=O)C(N)CO)C(=O)O. The fourth-order valence-electron chi connectivity index (χ4n) is 2.68. The predicted molar refractivity (Wildman–Crippen MR) is 134 cm³/mol. The predicted octanol–water partition coefficient (Wildman–Crippen LogP) is -2.60. The molecule has 0 saturated carbocycles. The van der Waals surface area contributed by atoms with E-state index in [1.165, 1.54) is 23.5 Å². The molecule has 0 bridgehead atoms. The van der Waals surface area contributed by atoms with E-state index in [1.54, 1.807) is 0 Å². The number of hydrogen-bond acceptors (Lipinski definition) is 9. The van der Waals surface area contributed by atoms with Crippen molar-refractivity contribution in [3.05, 3.63) is 0 Å². The van der Waals surface area contributed by atoms with Crippen molar-refractivity contribution in [2.75, 3.05) is 37.2 Å². The molecule has 0 saturated heterocycles. The van der Waals surface area contributed by atoms with Crippen molar-refractivity contribution in [2.45, 2.75) is 49.9 Å². The number of hydrogen-bond donors (Lipinski definition) is 8. The quantitative estimate of drug-likeness (QED) is 0.0527. The zero-order valence-electron chi connectivity index (χ0n) is 19.5. The van der Waals surface area contributed by atoms with E-state index in [1.807, 2.05) is 12.5 Å². The van der Waals surface area contributed by atoms with Crippen molar-refractivity contribution in [2.24, 2.45) is 22.2 Å². The Labute approximate surface area is 207 Å². The fraction of sp³-hybridized carbons (Fsp3) is 0.737. The van der Waals surface area contributed by atoms with Gasteiger partial charge in [0.05, 0.1) is 6.61 Å². The van der Waals surface area contributed by atoms with Crippen molar-refractivity contribution in [3.8, 4) is 0 Å². The largest absolute Gasteiger partial charge is 0.480 e. The number of amides is 3. The van der Waals surface area contributed by atoms with Crippen LogP contribution in [0.1, 0.15) is 25.7 Å². The van der Waals surface area contributed by atoms with E-state index in [2.05, 4.69) is 20.9 Å². The van der Waals surface area contributed by atoms with Crippen LogP contribution < -0.4 is 33.2 Å². The van der Waals surface area contributed by atoms with Crippen LogP contribution in [0.5, 0.6) is 0 Å². The monoisotopic (exact) mass is 523 g/mol. The second-order valence-corrected chi connectivity index (χ2v) is 9.29. The van der Waals surface area contributed by atoms with E-state index < -0.39 is 54.5 Å². The van der Waals surface area contributed by atoms with Gasteiger partial charge in [0.15, 0.2) is 5.96 Å². The molecule has 0 aromatic rings. The number of carboxylic acid groups (broad SMARTS) is 1. The third-order valence-electron chi connectivity index (χ3n) is 4.58. The van der Waals surface area contributed by atoms with Gasteiger partial charge < -0.3 is 43.4 Å². The number of aliphatic hydroxyl groups is 1. The van der Waals surface area contributed by atoms with Crippen LogP contribution in [0.15, 0.2) is 4.99 Å². The van der Waals surface area contributed by atoms with Crippen molar-refractivity contribution in [1.82, 2.24) is 16.0 Å². The van der Waals surface area contributed by atoms with Gasteiger partial charge in [-0.15, -0.1) is 0 Å². The number of guanidine groups is 1. The van der Waals surface area contributed by atoms with Crippen LogP contribution in [0.2, 0.25) is 0 Å². The topological polar surface area (TPSA) is 235 Å². The van der Waals surface area contributed by atoms with Crippen LogP contribution in [0.4, 0.5) is 0 Å². The number of carboxylic acids is 1. The van der Waals surface area contributed by atoms with E-state index in [-0.39, 0.29) is 31.8 Å². The van der Waals surface area contributed by atoms with Gasteiger partial charge in [-0.2, -0.15) is 23.5 Å². The summed E-state index contributed by atoms with van der Waals surface area (Å²) in [5.74, 6) is -2.26. The summed E-state index contributed by atoms with van der Waals surface area (Å²) < 4.78 is 0. The highest BCUT2D eigenvalue weighted by Crippen LogP contribution is 2.07. The van der Waals surface area contributed by atoms with Gasteiger partial charge in [0.25, 0.3) is 0 Å². The first kappa shape index (κ1) is 31.8. The van der Waals surface area contributed by atoms with E-state index in [4.69, 9.17) is 22.3 Å². The molecule has 4 unspecified atom stereocenters. The first-order valence-electron chi connectivity index (χ1n) is 10.6. The van der Waals surface area contributed by atoms with Gasteiger partial charge in [0.1, 0.15) is 24.2 Å². The lowest BCUT2D eigenvalue weighted by atomic mass is 10.1. The standard InChI is InChI=1S/C19H37N7O6S2/c1-33-8-5-13(24-15(28)11(20)10-27)17(30)25-12(4-3-7-23-19(21)22)16(29)26-14(18(31)32)6-9-34-2/h11-14,27H,3-10,20H2,1-2H3,(H,24,28)(H,25,30)(H,26,29)(H,31,32)(H4,21,22,23). The molecule has 15 heteroatoms. The Kier molecular flexibility index (Phi) is 17.0. The number of nitrogens with two attached hydrogens (primary N) is 3. The molecule has 0 aromatic heterocycles. The molecule has 196 valence electrons. The van der Waals surface area contributed by atoms with Gasteiger partial charge in [-0.1, -0.05) is 0 Å². The first-order valence-corrected chi connectivity index (χ1v) is 13.4. The number of rotatable bonds is 18. The molecule has 3 amide bonds. The molecule has 13 nitrogen and oxygen atoms in total. The maximum Gasteiger partial charge on any atom is 0.326 e. The van der Waals surface area contributed by atoms with Crippen molar-refractivity contribution in [3.63, 3.8) is 0 Å². The zero-order valence-corrected chi connectivity index (χ0v) is 21.1. The van der Waals surface area contributed by atoms with E-state index in [0.29, 0.717) is 17.9 Å². The maximum absolute atomic E-state index is 12.9. The normalized spacial score (nSPS) is 14.2. The van der Waals surface area contributed by atoms with Crippen LogP contribution in [0, 0.1) is 0 Å². The maximum atomic E-state index is 12.9. The number of nitrogens with zero attached hydrogens (tertiary/aromatic N) is 1. The molecule has 0 spiro atoms. The number of carbonyl (C=O) groups excluding carboxylic acids is 3. The molecule has 0 rings (SSSR count). The molecule has 0 fully saturated rings. The number of aliphatic hydroxyl groups excluding tert-OH is 1. The lowest BCUT2D eigenvalue weighted by Crippen LogP contribution is -2.57. The van der Waals surface area contributed by atoms with Gasteiger partial charge in [-0.3, -0.25) is 19.4 Å². The molecule has 0 heterocycles. The summed E-state index contributed by atoms with van der Waals surface area (Å²) in [6, 6.07) is -4.40. The number of nitrogens with one attached hydrogen (secondary N) is 3. The van der Waals surface area contributed by atoms with Gasteiger partial charge in [0.2, 0.25) is 17.7 Å². The molecule has 0 aliphatic rings. The highest BCUT2D eigenvalue weighted by Gasteiger charge is 2.29. The van der Waals surface area contributed by atoms with Crippen molar-refractivity contribution < 1.29 is 29.4 Å². The highest BCUT2D eigenvalue weighted by molar-refractivity contribution is 7.98. The Hall–Kier alpha value is -2.23. The average Bonchev–Trinajstić information content (AvgIpc) is 2.79. The molecule has 11 N–H and O–H groups in total. The summed E-state index contributed by atoms with van der Waals surface area (Å²) in [4.78, 5) is 53.3. The summed E-state index contributed by atoms with van der Waals surface area (Å²) in [5.41, 5.74) is 16.1. The number of thioether (sulfide) groups is 2. The first-order chi connectivity index (χ1) is 16.1. The lowest BCUT2D eigenvalue weighted by Gasteiger charge is -2.25. The third-order valence-corrected chi connectivity index (χ3v) is 5.87. The van der Waals surface area contributed by atoms with Crippen LogP contribution in [-0.4, -0.2) is 101 Å². The Balaban J connectivity index is 5.50. The minimum absolute atomic E-state index is 0.117. The van der Waals surface area contributed by atoms with Gasteiger partial charge in [-0.25, -0.2) is 4.79 Å². The van der Waals surface area contributed by atoms with E-state index >= 15 is 0 Å². The van der Waals surface area contributed by atoms with Gasteiger partial charge in [0, 0.05) is 6.54 Å². The van der Waals surface area contributed by atoms with Gasteiger partial charge in [-0.05, 0) is 49.7 Å². The van der Waals surface area contributed by atoms with Crippen LogP contribution in [0.25, 0.3) is 0 Å². The summed E-state index contributed by atoms with van der Waals surface area (Å²) in [6.07, 6.45) is 4.57. The molecule has 0 aliphatic carbocycles. The lowest BCUT2D eigenvalue weighted by molar-refractivity contribution is -0.142. The fourth-order valence-corrected chi connectivity index (χ4v) is 3.62. The Morgan fingerprint density at radius 1 is 0.853 bits per heavy atom. The second-order valence-electron chi connectivity index (χ2n) is 7.32. The molecule has 4 atom stereocenters. The van der Waals surface area contributed by atoms with Crippen molar-refractivity contribution >= 4 is 53.2 Å². The highest BCUT2D eigenvalue weighted by atomic mass is 32.2. The summed E-state index contributed by atoms with van der Waals surface area (Å²) in [6.45, 7) is -0.389. The third kappa shape index (κ3) is 13.5. The zero-order chi connectivity index (χ0) is 26.1. The molecule has 0 aliphatic heterocycles. The average molecular weight is 524 g/mol. The molecule has 0 radical (unpaired) electrons. The van der Waals surface area contributed by atoms with E-state index in [0.717, 1.165) is 0 Å². The minimum atomic E-state index is -1.20. The number of aliphatic imine (C=N–C) groups is 1. The van der Waals surface area contributed by atoms with Crippen LogP contribution in [-0.2, 0) is 19.2 Å². The molecule has 34 heavy (non-hydrogen) atoms. The van der Waals surface area contributed by atoms with Crippen LogP contribution in [0.3, 0.4) is 0 Å². The summed E-state index contributed by atoms with van der Waals surface area (Å²) in [7, 11) is 0. The smallest absolute Gasteiger partial charge is 0.326 e. The van der Waals surface area contributed by atoms with Gasteiger partial charge >= 0.3 is 5.97 Å². The number of carbonyl (C=O) groups is 4. The second kappa shape index (κ2) is 18.1. The van der Waals surface area contributed by atoms with Crippen molar-refractivity contribution in [1.29, 1.82) is 0 Å². The Morgan fingerprint density at radius 2 is 1.32 bits per heavy atom. The molecular formula is C19H37N7O6S2. The molecular weight excluding hydrogens is 486 g/mol. The molecule has 0 aromatic carbocycles. The summed E-state index contributed by atoms with van der Waals surface area (Å²) in [5, 5.41) is 26.0. The number of aliphatic carboxylic acids is 1. The van der Waals surface area contributed by atoms with E-state index in [9.17, 15) is 24.3 Å². The minimum Gasteiger partial charge on any atom is -0.480 e. The Bertz CT molecular complexity index is 694. The Morgan fingerprint density at radius 3 is 1.79 bits per heavy atom. The van der Waals surface area contributed by atoms with Crippen LogP contribution >= 0.6 is 23.5 Å². The summed E-state index contributed by atoms with van der Waals surface area (Å²) >= 11 is 2.90.